The summed E-state index contributed by atoms with van der Waals surface area (Å²) in [6.07, 6.45) is 2.54. The largest absolute Gasteiger partial charge is 0.490 e. The zero-order chi connectivity index (χ0) is 20.2. The average Bonchev–Trinajstić information content (AvgIpc) is 2.96. The summed E-state index contributed by atoms with van der Waals surface area (Å²) in [5.74, 6) is 1.14. The third-order valence-electron chi connectivity index (χ3n) is 4.71. The van der Waals surface area contributed by atoms with E-state index < -0.39 is 0 Å². The first-order chi connectivity index (χ1) is 14.1. The van der Waals surface area contributed by atoms with E-state index in [2.05, 4.69) is 36.3 Å². The molecule has 0 unspecified atom stereocenters. The third kappa shape index (κ3) is 4.54. The first kappa shape index (κ1) is 19.3. The zero-order valence-electron chi connectivity index (χ0n) is 16.4. The van der Waals surface area contributed by atoms with Crippen LogP contribution in [0.25, 0.3) is 0 Å². The first-order valence-electron chi connectivity index (χ1n) is 9.51. The molecule has 29 heavy (non-hydrogen) atoms. The van der Waals surface area contributed by atoms with Crippen molar-refractivity contribution in [2.75, 3.05) is 18.5 Å². The molecule has 2 aromatic carbocycles. The highest BCUT2D eigenvalue weighted by Gasteiger charge is 2.16. The molecule has 6 heteroatoms. The average molecular weight is 407 g/mol. The first-order valence-corrected chi connectivity index (χ1v) is 10.3. The standard InChI is InChI=1S/C23H22N2O3S/c1-15-6-8-18(13-16(15)2)29-23-19(5-3-10-24-23)22(26)25-17-7-9-20-21(14-17)28-12-4-11-27-20/h3,5-10,13-14H,4,11-12H2,1-2H3,(H,25,26). The fourth-order valence-electron chi connectivity index (χ4n) is 2.97. The van der Waals surface area contributed by atoms with Gasteiger partial charge in [0.15, 0.2) is 11.5 Å². The van der Waals surface area contributed by atoms with Crippen molar-refractivity contribution in [1.82, 2.24) is 4.98 Å². The minimum atomic E-state index is -0.209. The molecule has 0 saturated carbocycles. The van der Waals surface area contributed by atoms with E-state index in [9.17, 15) is 4.79 Å². The van der Waals surface area contributed by atoms with Gasteiger partial charge in [-0.05, 0) is 61.4 Å². The molecule has 1 aliphatic rings. The quantitative estimate of drug-likeness (QED) is 0.640. The lowest BCUT2D eigenvalue weighted by molar-refractivity contribution is 0.102. The maximum atomic E-state index is 12.9. The zero-order valence-corrected chi connectivity index (χ0v) is 17.2. The Morgan fingerprint density at radius 2 is 1.83 bits per heavy atom. The van der Waals surface area contributed by atoms with Gasteiger partial charge in [0, 0.05) is 29.3 Å². The molecule has 0 spiro atoms. The number of anilines is 1. The van der Waals surface area contributed by atoms with Crippen LogP contribution in [0.3, 0.4) is 0 Å². The Kier molecular flexibility index (Phi) is 5.71. The maximum Gasteiger partial charge on any atom is 0.258 e. The number of nitrogens with zero attached hydrogens (tertiary/aromatic N) is 1. The van der Waals surface area contributed by atoms with E-state index >= 15 is 0 Å². The second-order valence-corrected chi connectivity index (χ2v) is 7.93. The molecule has 2 heterocycles. The van der Waals surface area contributed by atoms with Crippen LogP contribution in [0, 0.1) is 13.8 Å². The molecular weight excluding hydrogens is 384 g/mol. The summed E-state index contributed by atoms with van der Waals surface area (Å²) in [4.78, 5) is 18.4. The van der Waals surface area contributed by atoms with E-state index in [1.54, 1.807) is 24.4 Å². The Balaban J connectivity index is 1.55. The summed E-state index contributed by atoms with van der Waals surface area (Å²) >= 11 is 1.48. The van der Waals surface area contributed by atoms with Gasteiger partial charge in [-0.25, -0.2) is 4.98 Å². The molecule has 1 aromatic heterocycles. The molecule has 1 N–H and O–H groups in total. The van der Waals surface area contributed by atoms with Crippen LogP contribution in [0.15, 0.2) is 64.6 Å². The van der Waals surface area contributed by atoms with Gasteiger partial charge in [0.25, 0.3) is 5.91 Å². The van der Waals surface area contributed by atoms with Crippen molar-refractivity contribution in [2.24, 2.45) is 0 Å². The summed E-state index contributed by atoms with van der Waals surface area (Å²) in [7, 11) is 0. The number of hydrogen-bond donors (Lipinski definition) is 1. The Morgan fingerprint density at radius 3 is 2.66 bits per heavy atom. The van der Waals surface area contributed by atoms with Gasteiger partial charge in [0.1, 0.15) is 5.03 Å². The number of carbonyl (C=O) groups excluding carboxylic acids is 1. The van der Waals surface area contributed by atoms with Crippen LogP contribution in [-0.4, -0.2) is 24.1 Å². The summed E-state index contributed by atoms with van der Waals surface area (Å²) in [6.45, 7) is 5.39. The normalized spacial score (nSPS) is 12.9. The van der Waals surface area contributed by atoms with Crippen LogP contribution < -0.4 is 14.8 Å². The van der Waals surface area contributed by atoms with Crippen LogP contribution >= 0.6 is 11.8 Å². The number of aryl methyl sites for hydroxylation is 2. The lowest BCUT2D eigenvalue weighted by Crippen LogP contribution is -2.13. The van der Waals surface area contributed by atoms with Crippen LogP contribution in [0.4, 0.5) is 5.69 Å². The topological polar surface area (TPSA) is 60.5 Å². The minimum Gasteiger partial charge on any atom is -0.490 e. The van der Waals surface area contributed by atoms with E-state index in [-0.39, 0.29) is 5.91 Å². The lowest BCUT2D eigenvalue weighted by Gasteiger charge is -2.12. The molecule has 1 amide bonds. The number of carbonyl (C=O) groups is 1. The van der Waals surface area contributed by atoms with E-state index in [1.807, 2.05) is 18.2 Å². The number of benzene rings is 2. The predicted molar refractivity (Wildman–Crippen MR) is 114 cm³/mol. The molecule has 0 atom stereocenters. The predicted octanol–water partition coefficient (Wildman–Crippen LogP) is 5.26. The fraction of sp³-hybridized carbons (Fsp3) is 0.217. The highest BCUT2D eigenvalue weighted by Crippen LogP contribution is 2.33. The highest BCUT2D eigenvalue weighted by molar-refractivity contribution is 7.99. The summed E-state index contributed by atoms with van der Waals surface area (Å²) in [5, 5.41) is 3.62. The van der Waals surface area contributed by atoms with Crippen molar-refractivity contribution in [3.8, 4) is 11.5 Å². The maximum absolute atomic E-state index is 12.9. The Morgan fingerprint density at radius 1 is 1.00 bits per heavy atom. The van der Waals surface area contributed by atoms with E-state index in [1.165, 1.54) is 22.9 Å². The van der Waals surface area contributed by atoms with Gasteiger partial charge < -0.3 is 14.8 Å². The second kappa shape index (κ2) is 8.57. The Hall–Kier alpha value is -2.99. The number of hydrogen-bond acceptors (Lipinski definition) is 5. The monoisotopic (exact) mass is 406 g/mol. The second-order valence-electron chi connectivity index (χ2n) is 6.87. The molecule has 0 bridgehead atoms. The highest BCUT2D eigenvalue weighted by atomic mass is 32.2. The van der Waals surface area contributed by atoms with Crippen molar-refractivity contribution in [3.05, 3.63) is 71.4 Å². The molecule has 4 rings (SSSR count). The summed E-state index contributed by atoms with van der Waals surface area (Å²) < 4.78 is 11.4. The van der Waals surface area contributed by atoms with Crippen molar-refractivity contribution >= 4 is 23.4 Å². The molecule has 0 aliphatic carbocycles. The van der Waals surface area contributed by atoms with Crippen molar-refractivity contribution in [3.63, 3.8) is 0 Å². The van der Waals surface area contributed by atoms with Gasteiger partial charge in [0.2, 0.25) is 0 Å². The molecule has 3 aromatic rings. The van der Waals surface area contributed by atoms with E-state index in [0.717, 1.165) is 11.3 Å². The van der Waals surface area contributed by atoms with Gasteiger partial charge in [-0.2, -0.15) is 0 Å². The SMILES string of the molecule is Cc1ccc(Sc2ncccc2C(=O)Nc2ccc3c(c2)OCCCO3)cc1C. The van der Waals surface area contributed by atoms with Crippen LogP contribution in [-0.2, 0) is 0 Å². The number of amides is 1. The number of pyridine rings is 1. The van der Waals surface area contributed by atoms with Crippen LogP contribution in [0.2, 0.25) is 0 Å². The van der Waals surface area contributed by atoms with Gasteiger partial charge in [-0.3, -0.25) is 4.79 Å². The Bertz CT molecular complexity index is 1050. The fourth-order valence-corrected chi connectivity index (χ4v) is 3.95. The number of rotatable bonds is 4. The molecule has 1 aliphatic heterocycles. The molecule has 0 radical (unpaired) electrons. The van der Waals surface area contributed by atoms with E-state index in [4.69, 9.17) is 9.47 Å². The molecule has 0 saturated heterocycles. The molecule has 5 nitrogen and oxygen atoms in total. The van der Waals surface area contributed by atoms with Gasteiger partial charge in [-0.15, -0.1) is 0 Å². The third-order valence-corrected chi connectivity index (χ3v) is 5.72. The molecular formula is C23H22N2O3S. The smallest absolute Gasteiger partial charge is 0.258 e. The number of fused-ring (bicyclic) bond motifs is 1. The van der Waals surface area contributed by atoms with Crippen molar-refractivity contribution in [2.45, 2.75) is 30.2 Å². The lowest BCUT2D eigenvalue weighted by atomic mass is 10.1. The molecule has 0 fully saturated rings. The Labute approximate surface area is 174 Å². The van der Waals surface area contributed by atoms with Crippen LogP contribution in [0.1, 0.15) is 27.9 Å². The van der Waals surface area contributed by atoms with Crippen molar-refractivity contribution < 1.29 is 14.3 Å². The summed E-state index contributed by atoms with van der Waals surface area (Å²) in [6, 6.07) is 15.2. The van der Waals surface area contributed by atoms with Gasteiger partial charge in [0.05, 0.1) is 18.8 Å². The number of aromatic nitrogens is 1. The van der Waals surface area contributed by atoms with Crippen molar-refractivity contribution in [1.29, 1.82) is 0 Å². The number of ether oxygens (including phenoxy) is 2. The molecule has 148 valence electrons. The van der Waals surface area contributed by atoms with Gasteiger partial charge in [-0.1, -0.05) is 17.8 Å². The minimum absolute atomic E-state index is 0.209. The summed E-state index contributed by atoms with van der Waals surface area (Å²) in [5.41, 5.74) is 3.64. The van der Waals surface area contributed by atoms with Crippen LogP contribution in [0.5, 0.6) is 11.5 Å². The van der Waals surface area contributed by atoms with E-state index in [0.29, 0.717) is 41.0 Å². The number of nitrogens with one attached hydrogen (secondary N) is 1. The van der Waals surface area contributed by atoms with Gasteiger partial charge >= 0.3 is 0 Å².